The van der Waals surface area contributed by atoms with Gasteiger partial charge in [-0.25, -0.2) is 27.8 Å². The highest BCUT2D eigenvalue weighted by atomic mass is 35.5. The minimum Gasteiger partial charge on any atom is -0.378 e. The number of anilines is 1. The summed E-state index contributed by atoms with van der Waals surface area (Å²) < 4.78 is 54.0. The van der Waals surface area contributed by atoms with Crippen molar-refractivity contribution in [1.29, 1.82) is 0 Å². The Kier molecular flexibility index (Phi) is 6.90. The van der Waals surface area contributed by atoms with Crippen molar-refractivity contribution in [2.45, 2.75) is 38.5 Å². The molecule has 3 aromatic rings. The number of fused-ring (bicyclic) bond motifs is 1. The van der Waals surface area contributed by atoms with Crippen LogP contribution in [-0.2, 0) is 19.5 Å². The molecule has 194 valence electrons. The molecule has 0 saturated carbocycles. The van der Waals surface area contributed by atoms with E-state index in [4.69, 9.17) is 21.1 Å². The quantitative estimate of drug-likeness (QED) is 0.488. The Morgan fingerprint density at radius 1 is 1.31 bits per heavy atom. The first-order valence-corrected chi connectivity index (χ1v) is 13.8. The van der Waals surface area contributed by atoms with E-state index in [9.17, 15) is 8.42 Å². The number of sulfonamides is 1. The number of nitrogens with one attached hydrogen (secondary N) is 1. The Hall–Kier alpha value is -2.38. The van der Waals surface area contributed by atoms with Crippen molar-refractivity contribution < 1.29 is 22.3 Å². The van der Waals surface area contributed by atoms with Gasteiger partial charge in [0.25, 0.3) is 0 Å². The second-order valence-electron chi connectivity index (χ2n) is 9.01. The van der Waals surface area contributed by atoms with Crippen LogP contribution in [0.15, 0.2) is 18.3 Å². The number of hydrogen-bond donors (Lipinski definition) is 1. The van der Waals surface area contributed by atoms with Crippen LogP contribution in [-0.4, -0.2) is 83.6 Å². The monoisotopic (exact) mass is 538 g/mol. The van der Waals surface area contributed by atoms with E-state index in [0.29, 0.717) is 60.2 Å². The summed E-state index contributed by atoms with van der Waals surface area (Å²) in [6, 6.07) is 3.10. The number of halogens is 2. The van der Waals surface area contributed by atoms with Crippen molar-refractivity contribution in [1.82, 2.24) is 23.8 Å². The van der Waals surface area contributed by atoms with Crippen LogP contribution in [0.25, 0.3) is 22.3 Å². The molecule has 1 aromatic carbocycles. The molecular weight excluding hydrogens is 511 g/mol. The molecule has 2 atom stereocenters. The molecule has 2 saturated heterocycles. The van der Waals surface area contributed by atoms with Crippen LogP contribution in [0.4, 0.5) is 10.3 Å². The van der Waals surface area contributed by atoms with E-state index in [2.05, 4.69) is 20.3 Å². The number of aromatic nitrogens is 4. The molecule has 13 heteroatoms. The minimum atomic E-state index is -3.31. The second-order valence-corrected chi connectivity index (χ2v) is 11.7. The van der Waals surface area contributed by atoms with Crippen LogP contribution in [0.3, 0.4) is 0 Å². The summed E-state index contributed by atoms with van der Waals surface area (Å²) in [5.74, 6) is 0.592. The van der Waals surface area contributed by atoms with Crippen molar-refractivity contribution in [3.05, 3.63) is 35.0 Å². The van der Waals surface area contributed by atoms with E-state index in [1.165, 1.54) is 16.6 Å². The average molecular weight is 539 g/mol. The molecule has 0 aliphatic carbocycles. The number of rotatable bonds is 7. The molecule has 0 bridgehead atoms. The van der Waals surface area contributed by atoms with Gasteiger partial charge in [0, 0.05) is 25.8 Å². The maximum Gasteiger partial charge on any atom is 0.223 e. The summed E-state index contributed by atoms with van der Waals surface area (Å²) in [6.07, 6.45) is 1.59. The number of ether oxygens (including phenoxy) is 2. The summed E-state index contributed by atoms with van der Waals surface area (Å²) in [5, 5.41) is 3.54. The zero-order valence-electron chi connectivity index (χ0n) is 20.2. The van der Waals surface area contributed by atoms with Gasteiger partial charge in [0.2, 0.25) is 16.0 Å². The van der Waals surface area contributed by atoms with E-state index in [1.807, 2.05) is 17.6 Å². The third-order valence-electron chi connectivity index (χ3n) is 6.83. The van der Waals surface area contributed by atoms with E-state index in [-0.39, 0.29) is 29.4 Å². The van der Waals surface area contributed by atoms with Gasteiger partial charge in [-0.3, -0.25) is 0 Å². The highest BCUT2D eigenvalue weighted by Crippen LogP contribution is 2.34. The lowest BCUT2D eigenvalue weighted by molar-refractivity contribution is -0.0224. The Bertz CT molecular complexity index is 1400. The van der Waals surface area contributed by atoms with Crippen molar-refractivity contribution in [2.75, 3.05) is 44.5 Å². The molecule has 2 fully saturated rings. The van der Waals surface area contributed by atoms with Gasteiger partial charge in [-0.15, -0.1) is 0 Å². The number of hydrogen-bond acceptors (Lipinski definition) is 8. The largest absolute Gasteiger partial charge is 0.378 e. The zero-order chi connectivity index (χ0) is 25.6. The molecule has 0 spiro atoms. The normalized spacial score (nSPS) is 21.6. The first-order chi connectivity index (χ1) is 17.2. The lowest BCUT2D eigenvalue weighted by atomic mass is 10.0. The predicted octanol–water partition coefficient (Wildman–Crippen LogP) is 3.02. The Balaban J connectivity index is 1.44. The molecule has 36 heavy (non-hydrogen) atoms. The highest BCUT2D eigenvalue weighted by Gasteiger charge is 2.35. The van der Waals surface area contributed by atoms with Crippen molar-refractivity contribution in [3.63, 3.8) is 0 Å². The smallest absolute Gasteiger partial charge is 0.223 e. The molecule has 0 radical (unpaired) electrons. The lowest BCUT2D eigenvalue weighted by Gasteiger charge is -2.37. The highest BCUT2D eigenvalue weighted by molar-refractivity contribution is 7.89. The van der Waals surface area contributed by atoms with Gasteiger partial charge < -0.3 is 19.4 Å². The average Bonchev–Trinajstić information content (AvgIpc) is 3.15. The first-order valence-electron chi connectivity index (χ1n) is 11.8. The third-order valence-corrected chi connectivity index (χ3v) is 8.95. The summed E-state index contributed by atoms with van der Waals surface area (Å²) in [7, 11) is -1.76. The molecule has 0 amide bonds. The zero-order valence-corrected chi connectivity index (χ0v) is 21.8. The summed E-state index contributed by atoms with van der Waals surface area (Å²) >= 11 is 6.45. The Morgan fingerprint density at radius 2 is 2.08 bits per heavy atom. The molecule has 10 nitrogen and oxygen atoms in total. The van der Waals surface area contributed by atoms with Gasteiger partial charge >= 0.3 is 0 Å². The van der Waals surface area contributed by atoms with Crippen LogP contribution in [0.5, 0.6) is 0 Å². The van der Waals surface area contributed by atoms with E-state index >= 15 is 4.39 Å². The first kappa shape index (κ1) is 25.3. The fraction of sp³-hybridized carbons (Fsp3) is 0.522. The van der Waals surface area contributed by atoms with E-state index in [1.54, 1.807) is 14.0 Å². The molecule has 1 N–H and O–H groups in total. The number of benzene rings is 1. The summed E-state index contributed by atoms with van der Waals surface area (Å²) in [5.41, 5.74) is 1.83. The van der Waals surface area contributed by atoms with Crippen LogP contribution in [0.1, 0.15) is 25.2 Å². The topological polar surface area (TPSA) is 111 Å². The van der Waals surface area contributed by atoms with Crippen LogP contribution >= 0.6 is 11.6 Å². The predicted molar refractivity (Wildman–Crippen MR) is 134 cm³/mol. The second kappa shape index (κ2) is 9.82. The maximum atomic E-state index is 15.1. The van der Waals surface area contributed by atoms with Crippen molar-refractivity contribution >= 4 is 38.6 Å². The molecule has 2 aliphatic rings. The molecule has 1 unspecified atom stereocenters. The van der Waals surface area contributed by atoms with Gasteiger partial charge in [-0.1, -0.05) is 11.6 Å². The van der Waals surface area contributed by atoms with Crippen molar-refractivity contribution in [2.24, 2.45) is 0 Å². The Morgan fingerprint density at radius 3 is 2.75 bits per heavy atom. The van der Waals surface area contributed by atoms with Crippen LogP contribution in [0, 0.1) is 12.7 Å². The van der Waals surface area contributed by atoms with E-state index < -0.39 is 21.9 Å². The maximum absolute atomic E-state index is 15.1. The standard InChI is InChI=1S/C23H28ClFN6O4S/c1-4-36(32,33)30-6-5-18(20(10-30)34-3)28-23-26-9-16(24)21(29-23)14-7-17(25)22-19(8-14)31(13(2)27-22)15-11-35-12-15/h7-9,15,18,20H,4-6,10-12H2,1-3H3,(H,26,28,29)/t18-,20?/m1/s1. The van der Waals surface area contributed by atoms with E-state index in [0.717, 1.165) is 0 Å². The number of methoxy groups -OCH3 is 1. The minimum absolute atomic E-state index is 0.0400. The number of piperidine rings is 1. The Labute approximate surface area is 213 Å². The van der Waals surface area contributed by atoms with Gasteiger partial charge in [0.1, 0.15) is 11.3 Å². The van der Waals surface area contributed by atoms with Gasteiger partial charge in [0.05, 0.1) is 59.6 Å². The lowest BCUT2D eigenvalue weighted by Crippen LogP contribution is -2.52. The fourth-order valence-corrected chi connectivity index (χ4v) is 6.09. The van der Waals surface area contributed by atoms with Crippen molar-refractivity contribution in [3.8, 4) is 11.3 Å². The van der Waals surface area contributed by atoms with Gasteiger partial charge in [0.15, 0.2) is 5.82 Å². The molecular formula is C23H28ClFN6O4S. The number of nitrogens with zero attached hydrogens (tertiary/aromatic N) is 5. The number of imidazole rings is 1. The summed E-state index contributed by atoms with van der Waals surface area (Å²) in [6.45, 7) is 5.18. The SMILES string of the molecule is CCS(=O)(=O)N1CC[C@@H](Nc2ncc(Cl)c(-c3cc(F)c4nc(C)n(C5COC5)c4c3)n2)C(OC)C1. The van der Waals surface area contributed by atoms with Gasteiger partial charge in [-0.05, 0) is 32.4 Å². The third kappa shape index (κ3) is 4.56. The molecule has 5 rings (SSSR count). The van der Waals surface area contributed by atoms with Crippen LogP contribution in [0.2, 0.25) is 5.02 Å². The summed E-state index contributed by atoms with van der Waals surface area (Å²) in [4.78, 5) is 13.3. The van der Waals surface area contributed by atoms with Gasteiger partial charge in [-0.2, -0.15) is 4.31 Å². The number of aryl methyl sites for hydroxylation is 1. The molecule has 2 aromatic heterocycles. The van der Waals surface area contributed by atoms with Crippen LogP contribution < -0.4 is 5.32 Å². The molecule has 4 heterocycles. The fourth-order valence-electron chi connectivity index (χ4n) is 4.77. The molecule has 2 aliphatic heterocycles.